The molecule has 5 nitrogen and oxygen atoms in total. The minimum atomic E-state index is 0.653. The van der Waals surface area contributed by atoms with Gasteiger partial charge in [-0.2, -0.15) is 0 Å². The number of aryl methyl sites for hydroxylation is 1. The van der Waals surface area contributed by atoms with Crippen molar-refractivity contribution in [2.75, 3.05) is 21.1 Å². The summed E-state index contributed by atoms with van der Waals surface area (Å²) in [5.74, 6) is 0.653. The van der Waals surface area contributed by atoms with E-state index in [1.54, 1.807) is 0 Å². The first-order valence-corrected chi connectivity index (χ1v) is 24.6. The van der Waals surface area contributed by atoms with Gasteiger partial charge < -0.3 is 13.9 Å². The van der Waals surface area contributed by atoms with Gasteiger partial charge in [-0.1, -0.05) is 152 Å². The Bertz CT molecular complexity index is 3110. The summed E-state index contributed by atoms with van der Waals surface area (Å²) in [4.78, 5) is 12.3. The molecule has 0 unspecified atom stereocenters. The highest BCUT2D eigenvalue weighted by Gasteiger charge is 2.19. The first kappa shape index (κ1) is 53.1. The van der Waals surface area contributed by atoms with Crippen LogP contribution < -0.4 is 0 Å². The fraction of sp³-hybridized carbons (Fsp3) is 0.281. The van der Waals surface area contributed by atoms with E-state index in [0.29, 0.717) is 5.82 Å². The van der Waals surface area contributed by atoms with E-state index in [1.807, 2.05) is 82.4 Å². The molecule has 3 heterocycles. The van der Waals surface area contributed by atoms with Crippen molar-refractivity contribution in [1.29, 1.82) is 0 Å². The minimum Gasteiger partial charge on any atom is -0.455 e. The number of hydrogen-bond acceptors (Lipinski definition) is 4. The fourth-order valence-corrected chi connectivity index (χ4v) is 8.60. The molecule has 0 radical (unpaired) electrons. The molecule has 0 saturated carbocycles. The zero-order valence-electron chi connectivity index (χ0n) is 44.3. The van der Waals surface area contributed by atoms with Crippen molar-refractivity contribution in [3.63, 3.8) is 0 Å². The number of nitrogens with zero attached hydrogens (tertiary/aromatic N) is 4. The number of rotatable bonds is 11. The highest BCUT2D eigenvalue weighted by molar-refractivity contribution is 6.09. The first-order valence-electron chi connectivity index (χ1n) is 24.6. The lowest BCUT2D eigenvalue weighted by atomic mass is 9.95. The zero-order valence-corrected chi connectivity index (χ0v) is 44.3. The molecule has 0 bridgehead atoms. The summed E-state index contributed by atoms with van der Waals surface area (Å²) < 4.78 is 8.79. The van der Waals surface area contributed by atoms with E-state index in [-0.39, 0.29) is 0 Å². The van der Waals surface area contributed by atoms with Crippen molar-refractivity contribution in [3.05, 3.63) is 195 Å². The van der Waals surface area contributed by atoms with E-state index in [1.165, 1.54) is 55.9 Å². The highest BCUT2D eigenvalue weighted by atomic mass is 16.3. The van der Waals surface area contributed by atoms with Gasteiger partial charge in [-0.3, -0.25) is 0 Å². The summed E-state index contributed by atoms with van der Waals surface area (Å²) in [6, 6.07) is 41.7. The molecule has 0 fully saturated rings. The molecule has 5 heteroatoms. The van der Waals surface area contributed by atoms with E-state index >= 15 is 0 Å². The number of fused-ring (bicyclic) bond motifs is 4. The fourth-order valence-electron chi connectivity index (χ4n) is 8.60. The Hall–Kier alpha value is -6.82. The van der Waals surface area contributed by atoms with Crippen LogP contribution in [0.5, 0.6) is 0 Å². The van der Waals surface area contributed by atoms with Crippen LogP contribution in [0.4, 0.5) is 0 Å². The number of para-hydroxylation sites is 3. The molecule has 358 valence electrons. The molecule has 0 aliphatic rings. The summed E-state index contributed by atoms with van der Waals surface area (Å²) >= 11 is 0. The second-order valence-electron chi connectivity index (χ2n) is 18.1. The smallest absolute Gasteiger partial charge is 0.164 e. The summed E-state index contributed by atoms with van der Waals surface area (Å²) in [5.41, 5.74) is 19.9. The van der Waals surface area contributed by atoms with Crippen LogP contribution in [0, 0.1) is 20.8 Å². The lowest BCUT2D eigenvalue weighted by Gasteiger charge is -2.13. The van der Waals surface area contributed by atoms with E-state index in [0.717, 1.165) is 74.6 Å². The van der Waals surface area contributed by atoms with Gasteiger partial charge in [-0.25, -0.2) is 9.97 Å². The van der Waals surface area contributed by atoms with E-state index < -0.39 is 0 Å². The van der Waals surface area contributed by atoms with Crippen molar-refractivity contribution in [2.45, 2.75) is 102 Å². The average Bonchev–Trinajstić information content (AvgIpc) is 3.84. The summed E-state index contributed by atoms with van der Waals surface area (Å²) in [6.45, 7) is 26.0. The number of aromatic nitrogens is 3. The Labute approximate surface area is 414 Å². The lowest BCUT2D eigenvalue weighted by Crippen LogP contribution is -2.00. The predicted octanol–water partition coefficient (Wildman–Crippen LogP) is 18.3. The third-order valence-corrected chi connectivity index (χ3v) is 12.4. The van der Waals surface area contributed by atoms with Gasteiger partial charge in [-0.15, -0.1) is 0 Å². The number of benzene rings is 5. The van der Waals surface area contributed by atoms with Crippen LogP contribution in [0.1, 0.15) is 110 Å². The molecule has 8 aromatic rings. The van der Waals surface area contributed by atoms with Crippen molar-refractivity contribution >= 4 is 45.0 Å². The molecule has 0 saturated heterocycles. The third kappa shape index (κ3) is 13.2. The Kier molecular flexibility index (Phi) is 19.7. The maximum Gasteiger partial charge on any atom is 0.164 e. The van der Waals surface area contributed by atoms with Gasteiger partial charge in [0.05, 0.1) is 16.8 Å². The highest BCUT2D eigenvalue weighted by Crippen LogP contribution is 2.37. The van der Waals surface area contributed by atoms with Gasteiger partial charge in [0.2, 0.25) is 0 Å². The lowest BCUT2D eigenvalue weighted by molar-refractivity contribution is 0.505. The van der Waals surface area contributed by atoms with E-state index in [4.69, 9.17) is 14.4 Å². The van der Waals surface area contributed by atoms with Crippen LogP contribution in [0.15, 0.2) is 172 Å². The van der Waals surface area contributed by atoms with Crippen LogP contribution in [0.25, 0.3) is 73.3 Å². The monoisotopic (exact) mass is 917 g/mol. The predicted molar refractivity (Wildman–Crippen MR) is 302 cm³/mol. The molecule has 0 N–H and O–H groups in total. The summed E-state index contributed by atoms with van der Waals surface area (Å²) in [6.07, 6.45) is 14.4. The number of allylic oxidation sites excluding steroid dienone is 8. The Morgan fingerprint density at radius 1 is 0.623 bits per heavy atom. The first-order chi connectivity index (χ1) is 33.2. The molecular weight excluding hydrogens is 841 g/mol. The van der Waals surface area contributed by atoms with Crippen molar-refractivity contribution in [2.24, 2.45) is 0 Å². The largest absolute Gasteiger partial charge is 0.455 e. The van der Waals surface area contributed by atoms with Crippen LogP contribution in [-0.2, 0) is 0 Å². The molecule has 0 atom stereocenters. The standard InChI is InChI=1S/C52H53N3O.C7H8.C3H9N.C2H6/c1-10-18-34(4)36(6)37(7)35(5)21-16-20-33(3)32-47-39(9)55(38(8)42(47)19-11-2)41-30-28-40(29-31-41)50-45-23-12-14-26-48(45)53-52(54-50)46-25-17-24-44-43-22-13-15-27-49(43)56-51(44)46;1-7-5-3-2-4-6-7;1-4(2)3;1-2/h10-15,17-19,22-32H,16,20-21H2,1-9H3;2-6H,1H3;1-3H3;1-2H3/b18-10-,19-11-,33-32+,36-34+,37-35+;;;. The molecule has 8 rings (SSSR count). The van der Waals surface area contributed by atoms with Crippen molar-refractivity contribution in [3.8, 4) is 28.3 Å². The Morgan fingerprint density at radius 3 is 1.87 bits per heavy atom. The van der Waals surface area contributed by atoms with Crippen LogP contribution in [0.2, 0.25) is 0 Å². The number of furan rings is 1. The average molecular weight is 917 g/mol. The van der Waals surface area contributed by atoms with Gasteiger partial charge in [-0.05, 0) is 157 Å². The Balaban J connectivity index is 0.000000601. The Morgan fingerprint density at radius 2 is 1.23 bits per heavy atom. The molecule has 0 spiro atoms. The van der Waals surface area contributed by atoms with E-state index in [2.05, 4.69) is 183 Å². The second-order valence-corrected chi connectivity index (χ2v) is 18.1. The topological polar surface area (TPSA) is 47.1 Å². The van der Waals surface area contributed by atoms with Crippen LogP contribution >= 0.6 is 0 Å². The van der Waals surface area contributed by atoms with Crippen LogP contribution in [-0.4, -0.2) is 40.6 Å². The molecule has 0 aliphatic heterocycles. The quantitative estimate of drug-likeness (QED) is 0.121. The van der Waals surface area contributed by atoms with Crippen LogP contribution in [0.3, 0.4) is 0 Å². The number of hydrogen-bond donors (Lipinski definition) is 0. The second kappa shape index (κ2) is 25.5. The molecule has 69 heavy (non-hydrogen) atoms. The van der Waals surface area contributed by atoms with Gasteiger partial charge >= 0.3 is 0 Å². The summed E-state index contributed by atoms with van der Waals surface area (Å²) in [5, 5.41) is 3.18. The minimum absolute atomic E-state index is 0.653. The van der Waals surface area contributed by atoms with Crippen molar-refractivity contribution in [1.82, 2.24) is 19.4 Å². The maximum atomic E-state index is 6.40. The normalized spacial score (nSPS) is 12.4. The summed E-state index contributed by atoms with van der Waals surface area (Å²) in [7, 11) is 6.00. The van der Waals surface area contributed by atoms with Gasteiger partial charge in [0.25, 0.3) is 0 Å². The third-order valence-electron chi connectivity index (χ3n) is 12.4. The molecule has 3 aromatic heterocycles. The van der Waals surface area contributed by atoms with E-state index in [9.17, 15) is 0 Å². The van der Waals surface area contributed by atoms with Gasteiger partial charge in [0.15, 0.2) is 5.82 Å². The molecule has 0 amide bonds. The molecule has 5 aromatic carbocycles. The SMILES string of the molecule is CC.CN(C)C.C\C=C/C(C)=C(C)/C(C)=C(\C)CCC/C(C)=C/c1c(/C=C\C)c(C)n(-c2ccc(-c3nc(-c4cccc5c4oc4ccccc45)nc4ccccc34)cc2)c1C.Cc1ccccc1. The van der Waals surface area contributed by atoms with Crippen molar-refractivity contribution < 1.29 is 4.42 Å². The molecular formula is C64H76N4O. The maximum absolute atomic E-state index is 6.40. The van der Waals surface area contributed by atoms with Gasteiger partial charge in [0.1, 0.15) is 11.2 Å². The molecule has 0 aliphatic carbocycles. The van der Waals surface area contributed by atoms with Gasteiger partial charge in [0, 0.05) is 49.9 Å². The zero-order chi connectivity index (χ0) is 50.2.